The fourth-order valence-electron chi connectivity index (χ4n) is 4.90. The Morgan fingerprint density at radius 2 is 1.77 bits per heavy atom. The Labute approximate surface area is 243 Å². The van der Waals surface area contributed by atoms with Gasteiger partial charge in [-0.1, -0.05) is 51.2 Å². The second-order valence-corrected chi connectivity index (χ2v) is 12.2. The summed E-state index contributed by atoms with van der Waals surface area (Å²) in [5.41, 5.74) is 1.60. The first-order chi connectivity index (χ1) is 19.3. The zero-order valence-corrected chi connectivity index (χ0v) is 23.6. The molecule has 12 heteroatoms. The summed E-state index contributed by atoms with van der Waals surface area (Å²) in [6.45, 7) is -0.301. The minimum atomic E-state index is -0.739. The Morgan fingerprint density at radius 3 is 2.52 bits per heavy atom. The van der Waals surface area contributed by atoms with E-state index in [1.165, 1.54) is 40.9 Å². The number of carbonyl (C=O) groups is 3. The zero-order chi connectivity index (χ0) is 28.0. The second-order valence-electron chi connectivity index (χ2n) is 9.15. The van der Waals surface area contributed by atoms with Crippen LogP contribution in [-0.2, 0) is 14.4 Å². The Bertz CT molecular complexity index is 1690. The van der Waals surface area contributed by atoms with Crippen molar-refractivity contribution in [3.8, 4) is 5.75 Å². The number of H-pyrrole nitrogens is 1. The normalized spacial score (nSPS) is 19.8. The number of aromatic nitrogens is 1. The quantitative estimate of drug-likeness (QED) is 0.283. The molecule has 2 N–H and O–H groups in total. The summed E-state index contributed by atoms with van der Waals surface area (Å²) in [6, 6.07) is 19.3. The largest absolute Gasteiger partial charge is 0.484 e. The molecule has 1 aromatic heterocycles. The average molecular weight is 641 g/mol. The molecule has 8 nitrogen and oxygen atoms in total. The van der Waals surface area contributed by atoms with E-state index < -0.39 is 28.8 Å². The predicted molar refractivity (Wildman–Crippen MR) is 154 cm³/mol. The fourth-order valence-corrected chi connectivity index (χ4v) is 7.68. The molecule has 3 atom stereocenters. The van der Waals surface area contributed by atoms with Crippen molar-refractivity contribution in [2.75, 3.05) is 16.8 Å². The number of imide groups is 1. The van der Waals surface area contributed by atoms with Crippen LogP contribution in [0.15, 0.2) is 87.1 Å². The van der Waals surface area contributed by atoms with Gasteiger partial charge in [-0.25, -0.2) is 9.29 Å². The summed E-state index contributed by atoms with van der Waals surface area (Å²) < 4.78 is 19.7. The molecule has 2 aliphatic heterocycles. The number of aromatic amines is 1. The number of fused-ring (bicyclic) bond motifs is 2. The topological polar surface area (TPSA) is 109 Å². The monoisotopic (exact) mass is 639 g/mol. The smallest absolute Gasteiger partial charge is 0.305 e. The van der Waals surface area contributed by atoms with Crippen molar-refractivity contribution < 1.29 is 23.5 Å². The third-order valence-electron chi connectivity index (χ3n) is 6.62. The lowest BCUT2D eigenvalue weighted by Gasteiger charge is -2.30. The van der Waals surface area contributed by atoms with Gasteiger partial charge >= 0.3 is 4.87 Å². The van der Waals surface area contributed by atoms with E-state index in [1.54, 1.807) is 42.5 Å². The Kier molecular flexibility index (Phi) is 7.07. The number of amides is 3. The van der Waals surface area contributed by atoms with Crippen LogP contribution in [0.4, 0.5) is 15.8 Å². The SMILES string of the molecule is O=C(COc1cccc(C2c3sc(=O)[nH]c3SC3C(=O)N(c4ccc(Br)cc4)C(=O)C32)c1)Nc1ccc(F)cc1. The number of hydrogen-bond acceptors (Lipinski definition) is 7. The molecular weight excluding hydrogens is 621 g/mol. The van der Waals surface area contributed by atoms with E-state index in [-0.39, 0.29) is 23.3 Å². The minimum Gasteiger partial charge on any atom is -0.484 e. The first-order valence-electron chi connectivity index (χ1n) is 12.1. The number of rotatable bonds is 6. The van der Waals surface area contributed by atoms with Crippen LogP contribution < -0.4 is 19.8 Å². The van der Waals surface area contributed by atoms with Crippen LogP contribution in [-0.4, -0.2) is 34.6 Å². The summed E-state index contributed by atoms with van der Waals surface area (Å²) >= 11 is 5.60. The zero-order valence-electron chi connectivity index (χ0n) is 20.4. The van der Waals surface area contributed by atoms with E-state index in [0.717, 1.165) is 15.8 Å². The van der Waals surface area contributed by atoms with Gasteiger partial charge in [0.2, 0.25) is 11.8 Å². The lowest BCUT2D eigenvalue weighted by molar-refractivity contribution is -0.122. The number of thiazole rings is 1. The molecule has 40 heavy (non-hydrogen) atoms. The van der Waals surface area contributed by atoms with Crippen molar-refractivity contribution in [3.05, 3.63) is 103 Å². The molecular formula is C28H19BrFN3O5S2. The van der Waals surface area contributed by atoms with E-state index in [4.69, 9.17) is 4.74 Å². The molecule has 3 heterocycles. The van der Waals surface area contributed by atoms with Crippen LogP contribution in [0, 0.1) is 11.7 Å². The highest BCUT2D eigenvalue weighted by Crippen LogP contribution is 2.53. The predicted octanol–water partition coefficient (Wildman–Crippen LogP) is 5.15. The number of nitrogens with one attached hydrogen (secondary N) is 2. The van der Waals surface area contributed by atoms with E-state index >= 15 is 0 Å². The maximum Gasteiger partial charge on any atom is 0.305 e. The number of thioether (sulfide) groups is 1. The van der Waals surface area contributed by atoms with Crippen LogP contribution in [0.3, 0.4) is 0 Å². The van der Waals surface area contributed by atoms with Crippen molar-refractivity contribution in [1.29, 1.82) is 0 Å². The molecule has 0 bridgehead atoms. The summed E-state index contributed by atoms with van der Waals surface area (Å²) in [5, 5.41) is 2.49. The van der Waals surface area contributed by atoms with Crippen LogP contribution in [0.5, 0.6) is 5.75 Å². The molecule has 0 radical (unpaired) electrons. The van der Waals surface area contributed by atoms with Gasteiger partial charge in [0.05, 0.1) is 16.6 Å². The van der Waals surface area contributed by atoms with E-state index in [9.17, 15) is 23.6 Å². The number of carbonyl (C=O) groups excluding carboxylic acids is 3. The van der Waals surface area contributed by atoms with Gasteiger partial charge in [-0.15, -0.1) is 0 Å². The van der Waals surface area contributed by atoms with Crippen molar-refractivity contribution in [2.45, 2.75) is 16.2 Å². The van der Waals surface area contributed by atoms with Crippen molar-refractivity contribution >= 4 is 68.1 Å². The number of hydrogen-bond donors (Lipinski definition) is 2. The second kappa shape index (κ2) is 10.7. The van der Waals surface area contributed by atoms with Crippen molar-refractivity contribution in [1.82, 2.24) is 4.98 Å². The Balaban J connectivity index is 1.28. The van der Waals surface area contributed by atoms with Gasteiger partial charge < -0.3 is 15.0 Å². The minimum absolute atomic E-state index is 0.267. The average Bonchev–Trinajstić information content (AvgIpc) is 3.43. The third kappa shape index (κ3) is 4.98. The van der Waals surface area contributed by atoms with Crippen LogP contribution in [0.2, 0.25) is 0 Å². The first kappa shape index (κ1) is 26.5. The van der Waals surface area contributed by atoms with Gasteiger partial charge in [-0.3, -0.25) is 19.2 Å². The summed E-state index contributed by atoms with van der Waals surface area (Å²) in [6.07, 6.45) is 0. The highest BCUT2D eigenvalue weighted by Gasteiger charge is 2.56. The van der Waals surface area contributed by atoms with E-state index in [2.05, 4.69) is 26.2 Å². The maximum atomic E-state index is 13.8. The Hall–Kier alpha value is -3.74. The van der Waals surface area contributed by atoms with Gasteiger partial charge in [-0.2, -0.15) is 0 Å². The number of nitrogens with zero attached hydrogens (tertiary/aromatic N) is 1. The van der Waals surface area contributed by atoms with Crippen molar-refractivity contribution in [3.63, 3.8) is 0 Å². The van der Waals surface area contributed by atoms with Crippen LogP contribution in [0.1, 0.15) is 16.4 Å². The Morgan fingerprint density at radius 1 is 1.02 bits per heavy atom. The van der Waals surface area contributed by atoms with Gasteiger partial charge in [0.1, 0.15) is 16.8 Å². The third-order valence-corrected chi connectivity index (χ3v) is 9.55. The molecule has 0 spiro atoms. The molecule has 4 aromatic rings. The highest BCUT2D eigenvalue weighted by molar-refractivity contribution is 9.10. The lowest BCUT2D eigenvalue weighted by atomic mass is 9.83. The standard InChI is InChI=1S/C28H19BrFN3O5S2/c29-15-4-10-18(11-5-15)33-26(35)22-21(23-25(32-28(37)40-23)39-24(22)27(33)36)14-2-1-3-19(12-14)38-13-20(34)31-17-8-6-16(30)7-9-17/h1-12,21-22,24H,13H2,(H,31,34)(H,32,37). The highest BCUT2D eigenvalue weighted by atomic mass is 79.9. The number of ether oxygens (including phenoxy) is 1. The van der Waals surface area contributed by atoms with Crippen LogP contribution >= 0.6 is 39.0 Å². The molecule has 2 aliphatic rings. The van der Waals surface area contributed by atoms with Gasteiger partial charge in [0.25, 0.3) is 5.91 Å². The molecule has 3 aromatic carbocycles. The summed E-state index contributed by atoms with van der Waals surface area (Å²) in [5.74, 6) is -2.45. The number of benzene rings is 3. The molecule has 1 saturated heterocycles. The molecule has 0 aliphatic carbocycles. The molecule has 6 rings (SSSR count). The molecule has 1 fully saturated rings. The van der Waals surface area contributed by atoms with E-state index in [1.807, 2.05) is 6.07 Å². The lowest BCUT2D eigenvalue weighted by Crippen LogP contribution is -2.32. The van der Waals surface area contributed by atoms with Gasteiger partial charge in [0, 0.05) is 21.0 Å². The summed E-state index contributed by atoms with van der Waals surface area (Å²) in [4.78, 5) is 56.5. The number of anilines is 2. The molecule has 3 amide bonds. The first-order valence-corrected chi connectivity index (χ1v) is 14.6. The molecule has 202 valence electrons. The van der Waals surface area contributed by atoms with Crippen molar-refractivity contribution in [2.24, 2.45) is 5.92 Å². The molecule has 3 unspecified atom stereocenters. The fraction of sp³-hybridized carbons (Fsp3) is 0.143. The number of halogens is 2. The summed E-state index contributed by atoms with van der Waals surface area (Å²) in [7, 11) is 0. The van der Waals surface area contributed by atoms with Gasteiger partial charge in [-0.05, 0) is 66.2 Å². The van der Waals surface area contributed by atoms with Gasteiger partial charge in [0.15, 0.2) is 6.61 Å². The van der Waals surface area contributed by atoms with Crippen LogP contribution in [0.25, 0.3) is 0 Å². The maximum absolute atomic E-state index is 13.8. The molecule has 0 saturated carbocycles. The van der Waals surface area contributed by atoms with E-state index in [0.29, 0.717) is 32.6 Å².